The number of nitrogens with zero attached hydrogens (tertiary/aromatic N) is 3. The van der Waals surface area contributed by atoms with Crippen LogP contribution in [-0.4, -0.2) is 23.2 Å². The van der Waals surface area contributed by atoms with E-state index in [0.717, 1.165) is 24.2 Å². The summed E-state index contributed by atoms with van der Waals surface area (Å²) in [6.07, 6.45) is 6.30. The van der Waals surface area contributed by atoms with Crippen LogP contribution in [0.1, 0.15) is 43.0 Å². The van der Waals surface area contributed by atoms with E-state index < -0.39 is 10.0 Å². The van der Waals surface area contributed by atoms with Gasteiger partial charge in [-0.1, -0.05) is 42.6 Å². The van der Waals surface area contributed by atoms with Gasteiger partial charge in [0.1, 0.15) is 0 Å². The van der Waals surface area contributed by atoms with E-state index in [4.69, 9.17) is 16.7 Å². The maximum Gasteiger partial charge on any atom is 0.216 e. The van der Waals surface area contributed by atoms with Gasteiger partial charge >= 0.3 is 0 Å². The highest BCUT2D eigenvalue weighted by atomic mass is 35.5. The first-order chi connectivity index (χ1) is 14.0. The fourth-order valence-electron chi connectivity index (χ4n) is 3.75. The Morgan fingerprint density at radius 3 is 2.66 bits per heavy atom. The number of aromatic nitrogens is 3. The lowest BCUT2D eigenvalue weighted by molar-refractivity contribution is 0.466. The second kappa shape index (κ2) is 8.65. The zero-order valence-electron chi connectivity index (χ0n) is 16.0. The average Bonchev–Trinajstić information content (AvgIpc) is 3.37. The number of halogens is 1. The zero-order valence-corrected chi connectivity index (χ0v) is 17.5. The molecule has 0 bridgehead atoms. The van der Waals surface area contributed by atoms with Crippen molar-refractivity contribution in [1.29, 1.82) is 0 Å². The van der Waals surface area contributed by atoms with Gasteiger partial charge in [-0.25, -0.2) is 13.1 Å². The number of pyridine rings is 1. The molecule has 152 valence electrons. The molecule has 0 radical (unpaired) electrons. The molecule has 0 atom stereocenters. The van der Waals surface area contributed by atoms with Crippen LogP contribution in [0.15, 0.2) is 54.7 Å². The molecular weight excluding hydrogens is 408 g/mol. The topological polar surface area (TPSA) is 76.9 Å². The maximum atomic E-state index is 12.5. The Balaban J connectivity index is 1.52. The van der Waals surface area contributed by atoms with Crippen LogP contribution in [0, 0.1) is 0 Å². The summed E-state index contributed by atoms with van der Waals surface area (Å²) in [6, 6.07) is 14.9. The molecule has 0 spiro atoms. The second-order valence-corrected chi connectivity index (χ2v) is 9.57. The van der Waals surface area contributed by atoms with Crippen molar-refractivity contribution in [2.75, 3.05) is 0 Å². The maximum absolute atomic E-state index is 12.5. The summed E-state index contributed by atoms with van der Waals surface area (Å²) in [7, 11) is -3.51. The second-order valence-electron chi connectivity index (χ2n) is 7.33. The van der Waals surface area contributed by atoms with E-state index in [1.54, 1.807) is 30.5 Å². The Hall–Kier alpha value is -2.22. The molecule has 8 heteroatoms. The van der Waals surface area contributed by atoms with E-state index in [1.807, 2.05) is 28.9 Å². The molecule has 1 aliphatic carbocycles. The zero-order chi connectivity index (χ0) is 20.3. The summed E-state index contributed by atoms with van der Waals surface area (Å²) in [4.78, 5) is 4.46. The Labute approximate surface area is 176 Å². The summed E-state index contributed by atoms with van der Waals surface area (Å²) < 4.78 is 29.7. The molecule has 29 heavy (non-hydrogen) atoms. The third-order valence-electron chi connectivity index (χ3n) is 5.10. The Kier molecular flexibility index (Phi) is 5.99. The van der Waals surface area contributed by atoms with Gasteiger partial charge in [-0.05, 0) is 48.7 Å². The van der Waals surface area contributed by atoms with Gasteiger partial charge in [-0.2, -0.15) is 5.10 Å². The van der Waals surface area contributed by atoms with E-state index in [-0.39, 0.29) is 12.3 Å². The minimum atomic E-state index is -3.51. The van der Waals surface area contributed by atoms with Crippen LogP contribution in [0.3, 0.4) is 0 Å². The van der Waals surface area contributed by atoms with Crippen LogP contribution in [0.2, 0.25) is 5.02 Å². The predicted molar refractivity (Wildman–Crippen MR) is 114 cm³/mol. The lowest BCUT2D eigenvalue weighted by Gasteiger charge is -2.13. The van der Waals surface area contributed by atoms with Crippen LogP contribution in [-0.2, 0) is 22.3 Å². The van der Waals surface area contributed by atoms with E-state index in [2.05, 4.69) is 9.71 Å². The van der Waals surface area contributed by atoms with Crippen molar-refractivity contribution in [3.05, 3.63) is 71.0 Å². The minimum Gasteiger partial charge on any atom is -0.260 e. The van der Waals surface area contributed by atoms with Gasteiger partial charge in [0, 0.05) is 11.2 Å². The lowest BCUT2D eigenvalue weighted by Crippen LogP contribution is -2.25. The van der Waals surface area contributed by atoms with E-state index in [9.17, 15) is 8.42 Å². The Morgan fingerprint density at radius 1 is 1.10 bits per heavy atom. The van der Waals surface area contributed by atoms with Crippen LogP contribution in [0.5, 0.6) is 0 Å². The summed E-state index contributed by atoms with van der Waals surface area (Å²) in [5.74, 6) is -0.121. The molecule has 6 nitrogen and oxygen atoms in total. The van der Waals surface area contributed by atoms with Gasteiger partial charge < -0.3 is 0 Å². The average molecular weight is 431 g/mol. The quantitative estimate of drug-likeness (QED) is 0.605. The minimum absolute atomic E-state index is 0.121. The first-order valence-corrected chi connectivity index (χ1v) is 11.7. The van der Waals surface area contributed by atoms with Crippen molar-refractivity contribution in [2.45, 2.75) is 44.0 Å². The van der Waals surface area contributed by atoms with Crippen molar-refractivity contribution in [2.24, 2.45) is 0 Å². The summed E-state index contributed by atoms with van der Waals surface area (Å²) in [6.45, 7) is 0.141. The molecule has 1 aliphatic rings. The molecule has 4 rings (SSSR count). The van der Waals surface area contributed by atoms with Gasteiger partial charge in [0.05, 0.1) is 35.4 Å². The van der Waals surface area contributed by atoms with Gasteiger partial charge in [-0.15, -0.1) is 0 Å². The number of hydrogen-bond donors (Lipinski definition) is 1. The molecule has 2 aromatic heterocycles. The number of sulfonamides is 1. The SMILES string of the molecule is O=S(=O)(Cc1cccc(Cl)c1)NCc1cc(-c2ccccn2)n(C2CCCC2)n1. The number of rotatable bonds is 7. The van der Waals surface area contributed by atoms with Gasteiger partial charge in [0.15, 0.2) is 0 Å². The number of hydrogen-bond acceptors (Lipinski definition) is 4. The molecule has 1 saturated carbocycles. The molecule has 1 N–H and O–H groups in total. The molecule has 2 heterocycles. The highest BCUT2D eigenvalue weighted by Crippen LogP contribution is 2.33. The summed E-state index contributed by atoms with van der Waals surface area (Å²) >= 11 is 5.95. The van der Waals surface area contributed by atoms with Crippen LogP contribution in [0.25, 0.3) is 11.4 Å². The molecule has 0 amide bonds. The van der Waals surface area contributed by atoms with Crippen LogP contribution >= 0.6 is 11.6 Å². The fraction of sp³-hybridized carbons (Fsp3) is 0.333. The van der Waals surface area contributed by atoms with Gasteiger partial charge in [0.2, 0.25) is 10.0 Å². The third-order valence-corrected chi connectivity index (χ3v) is 6.64. The lowest BCUT2D eigenvalue weighted by atomic mass is 10.2. The van der Waals surface area contributed by atoms with Crippen LogP contribution < -0.4 is 4.72 Å². The van der Waals surface area contributed by atoms with Crippen LogP contribution in [0.4, 0.5) is 0 Å². The van der Waals surface area contributed by atoms with E-state index in [0.29, 0.717) is 22.3 Å². The highest BCUT2D eigenvalue weighted by molar-refractivity contribution is 7.88. The molecule has 0 unspecified atom stereocenters. The Bertz CT molecular complexity index is 1080. The monoisotopic (exact) mass is 430 g/mol. The highest BCUT2D eigenvalue weighted by Gasteiger charge is 2.23. The summed E-state index contributed by atoms with van der Waals surface area (Å²) in [5, 5.41) is 5.24. The smallest absolute Gasteiger partial charge is 0.216 e. The van der Waals surface area contributed by atoms with Gasteiger partial charge in [-0.3, -0.25) is 9.67 Å². The molecule has 0 saturated heterocycles. The first kappa shape index (κ1) is 20.1. The van der Waals surface area contributed by atoms with E-state index >= 15 is 0 Å². The summed E-state index contributed by atoms with van der Waals surface area (Å²) in [5.41, 5.74) is 3.12. The number of benzene rings is 1. The molecule has 1 fully saturated rings. The molecule has 1 aromatic carbocycles. The molecule has 3 aromatic rings. The molecular formula is C21H23ClN4O2S. The Morgan fingerprint density at radius 2 is 1.93 bits per heavy atom. The normalized spacial score (nSPS) is 15.1. The van der Waals surface area contributed by atoms with Crippen molar-refractivity contribution in [3.63, 3.8) is 0 Å². The van der Waals surface area contributed by atoms with Crippen molar-refractivity contribution >= 4 is 21.6 Å². The molecule has 0 aliphatic heterocycles. The fourth-order valence-corrected chi connectivity index (χ4v) is 5.05. The van der Waals surface area contributed by atoms with Crippen molar-refractivity contribution < 1.29 is 8.42 Å². The van der Waals surface area contributed by atoms with Crippen molar-refractivity contribution in [1.82, 2.24) is 19.5 Å². The first-order valence-electron chi connectivity index (χ1n) is 9.72. The number of nitrogens with one attached hydrogen (secondary N) is 1. The largest absolute Gasteiger partial charge is 0.260 e. The standard InChI is InChI=1S/C21H23ClN4O2S/c22-17-7-5-6-16(12-17)15-29(27,28)24-14-18-13-21(20-10-3-4-11-23-20)26(25-18)19-8-1-2-9-19/h3-7,10-13,19,24H,1-2,8-9,14-15H2. The van der Waals surface area contributed by atoms with Crippen molar-refractivity contribution in [3.8, 4) is 11.4 Å². The third kappa shape index (κ3) is 5.04. The predicted octanol–water partition coefficient (Wildman–Crippen LogP) is 4.33. The van der Waals surface area contributed by atoms with Gasteiger partial charge in [0.25, 0.3) is 0 Å². The van der Waals surface area contributed by atoms with E-state index in [1.165, 1.54) is 12.8 Å².